The van der Waals surface area contributed by atoms with E-state index in [2.05, 4.69) is 0 Å². The molecule has 0 unspecified atom stereocenters. The molecule has 0 aliphatic heterocycles. The molecule has 0 amide bonds. The van der Waals surface area contributed by atoms with Crippen molar-refractivity contribution in [3.05, 3.63) is 28.3 Å². The van der Waals surface area contributed by atoms with Crippen molar-refractivity contribution < 1.29 is 23.0 Å². The third kappa shape index (κ3) is 2.54. The van der Waals surface area contributed by atoms with Crippen molar-refractivity contribution in [3.63, 3.8) is 0 Å². The van der Waals surface area contributed by atoms with Crippen LogP contribution in [0.1, 0.15) is 11.1 Å². The number of aliphatic hydroxyl groups is 1. The Morgan fingerprint density at radius 2 is 2.00 bits per heavy atom. The molecule has 0 aromatic heterocycles. The van der Waals surface area contributed by atoms with Gasteiger partial charge in [0, 0.05) is 5.56 Å². The van der Waals surface area contributed by atoms with Crippen LogP contribution < -0.4 is 4.74 Å². The zero-order valence-corrected chi connectivity index (χ0v) is 8.49. The quantitative estimate of drug-likeness (QED) is 0.861. The fourth-order valence-electron chi connectivity index (χ4n) is 1.16. The van der Waals surface area contributed by atoms with E-state index >= 15 is 0 Å². The maximum absolute atomic E-state index is 12.3. The highest BCUT2D eigenvalue weighted by atomic mass is 35.5. The van der Waals surface area contributed by atoms with Crippen molar-refractivity contribution in [2.45, 2.75) is 12.8 Å². The van der Waals surface area contributed by atoms with E-state index < -0.39 is 18.3 Å². The van der Waals surface area contributed by atoms with Gasteiger partial charge >= 0.3 is 6.18 Å². The summed E-state index contributed by atoms with van der Waals surface area (Å²) >= 11 is 5.58. The number of alkyl halides is 3. The fraction of sp³-hybridized carbons (Fsp3) is 0.333. The number of methoxy groups -OCH3 is 1. The predicted molar refractivity (Wildman–Crippen MR) is 48.9 cm³/mol. The summed E-state index contributed by atoms with van der Waals surface area (Å²) < 4.78 is 41.8. The van der Waals surface area contributed by atoms with Crippen LogP contribution in [-0.4, -0.2) is 12.2 Å². The number of hydrogen-bond donors (Lipinski definition) is 1. The number of hydrogen-bond acceptors (Lipinski definition) is 2. The molecule has 1 aromatic rings. The Morgan fingerprint density at radius 3 is 2.40 bits per heavy atom. The molecule has 1 rings (SSSR count). The molecule has 0 spiro atoms. The Labute approximate surface area is 89.2 Å². The lowest BCUT2D eigenvalue weighted by Gasteiger charge is -2.13. The lowest BCUT2D eigenvalue weighted by atomic mass is 10.1. The Kier molecular flexibility index (Phi) is 3.46. The fourth-order valence-corrected chi connectivity index (χ4v) is 1.48. The minimum Gasteiger partial charge on any atom is -0.495 e. The summed E-state index contributed by atoms with van der Waals surface area (Å²) in [5, 5.41) is 8.69. The van der Waals surface area contributed by atoms with Crippen molar-refractivity contribution in [1.82, 2.24) is 0 Å². The number of rotatable bonds is 2. The summed E-state index contributed by atoms with van der Waals surface area (Å²) in [5.74, 6) is 0.0622. The average molecular weight is 241 g/mol. The van der Waals surface area contributed by atoms with Crippen LogP contribution in [0, 0.1) is 0 Å². The molecular formula is C9H8ClF3O2. The smallest absolute Gasteiger partial charge is 0.416 e. The van der Waals surface area contributed by atoms with Gasteiger partial charge in [0.25, 0.3) is 0 Å². The highest BCUT2D eigenvalue weighted by molar-refractivity contribution is 6.32. The van der Waals surface area contributed by atoms with Gasteiger partial charge in [-0.3, -0.25) is 0 Å². The summed E-state index contributed by atoms with van der Waals surface area (Å²) in [6.45, 7) is -0.563. The minimum absolute atomic E-state index is 0.0114. The van der Waals surface area contributed by atoms with E-state index in [1.807, 2.05) is 0 Å². The maximum Gasteiger partial charge on any atom is 0.416 e. The Hall–Kier alpha value is -0.940. The molecule has 0 saturated carbocycles. The van der Waals surface area contributed by atoms with Gasteiger partial charge in [0.15, 0.2) is 0 Å². The van der Waals surface area contributed by atoms with Gasteiger partial charge in [-0.1, -0.05) is 11.6 Å². The summed E-state index contributed by atoms with van der Waals surface area (Å²) in [4.78, 5) is 0. The average Bonchev–Trinajstić information content (AvgIpc) is 2.15. The summed E-state index contributed by atoms with van der Waals surface area (Å²) in [6, 6.07) is 1.57. The number of benzene rings is 1. The van der Waals surface area contributed by atoms with Gasteiger partial charge < -0.3 is 9.84 Å². The highest BCUT2D eigenvalue weighted by Gasteiger charge is 2.32. The SMILES string of the molecule is COc1c(Cl)cc(C(F)(F)F)cc1CO. The van der Waals surface area contributed by atoms with E-state index in [9.17, 15) is 13.2 Å². The first kappa shape index (κ1) is 12.1. The molecule has 0 atom stereocenters. The van der Waals surface area contributed by atoms with Crippen LogP contribution in [0.2, 0.25) is 5.02 Å². The zero-order valence-electron chi connectivity index (χ0n) is 7.73. The van der Waals surface area contributed by atoms with E-state index in [4.69, 9.17) is 21.4 Å². The molecule has 2 nitrogen and oxygen atoms in total. The van der Waals surface area contributed by atoms with Gasteiger partial charge in [-0.25, -0.2) is 0 Å². The van der Waals surface area contributed by atoms with Gasteiger partial charge in [0.05, 0.1) is 24.3 Å². The van der Waals surface area contributed by atoms with Crippen LogP contribution in [0.25, 0.3) is 0 Å². The lowest BCUT2D eigenvalue weighted by Crippen LogP contribution is -2.06. The molecule has 0 aliphatic rings. The molecule has 6 heteroatoms. The molecule has 1 N–H and O–H groups in total. The second-order valence-corrected chi connectivity index (χ2v) is 3.21. The van der Waals surface area contributed by atoms with Crippen LogP contribution in [0.15, 0.2) is 12.1 Å². The molecule has 1 aromatic carbocycles. The van der Waals surface area contributed by atoms with E-state index in [0.717, 1.165) is 12.1 Å². The van der Waals surface area contributed by atoms with Crippen LogP contribution in [0.3, 0.4) is 0 Å². The van der Waals surface area contributed by atoms with E-state index in [1.54, 1.807) is 0 Å². The predicted octanol–water partition coefficient (Wildman–Crippen LogP) is 2.86. The van der Waals surface area contributed by atoms with Gasteiger partial charge in [-0.15, -0.1) is 0 Å². The van der Waals surface area contributed by atoms with Crippen molar-refractivity contribution >= 4 is 11.6 Å². The standard InChI is InChI=1S/C9H8ClF3O2/c1-15-8-5(4-14)2-6(3-7(8)10)9(11,12)13/h2-3,14H,4H2,1H3. The molecular weight excluding hydrogens is 233 g/mol. The first-order valence-electron chi connectivity index (χ1n) is 3.94. The number of halogens is 4. The minimum atomic E-state index is -4.49. The number of ether oxygens (including phenoxy) is 1. The second-order valence-electron chi connectivity index (χ2n) is 2.81. The van der Waals surface area contributed by atoms with E-state index in [1.165, 1.54) is 7.11 Å². The second kappa shape index (κ2) is 4.28. The largest absolute Gasteiger partial charge is 0.495 e. The number of aliphatic hydroxyl groups excluding tert-OH is 1. The molecule has 0 fully saturated rings. The molecule has 0 aliphatic carbocycles. The maximum atomic E-state index is 12.3. The first-order valence-corrected chi connectivity index (χ1v) is 4.32. The van der Waals surface area contributed by atoms with Crippen LogP contribution >= 0.6 is 11.6 Å². The Morgan fingerprint density at radius 1 is 1.40 bits per heavy atom. The lowest BCUT2D eigenvalue weighted by molar-refractivity contribution is -0.137. The molecule has 0 bridgehead atoms. The first-order chi connectivity index (χ1) is 6.90. The normalized spacial score (nSPS) is 11.6. The van der Waals surface area contributed by atoms with Crippen LogP contribution in [0.4, 0.5) is 13.2 Å². The van der Waals surface area contributed by atoms with Gasteiger partial charge in [-0.05, 0) is 12.1 Å². The summed E-state index contributed by atoms with van der Waals surface area (Å²) in [5.41, 5.74) is -0.894. The van der Waals surface area contributed by atoms with Crippen molar-refractivity contribution in [3.8, 4) is 5.75 Å². The molecule has 0 heterocycles. The van der Waals surface area contributed by atoms with Crippen molar-refractivity contribution in [2.75, 3.05) is 7.11 Å². The zero-order chi connectivity index (χ0) is 11.6. The van der Waals surface area contributed by atoms with Crippen LogP contribution in [0.5, 0.6) is 5.75 Å². The molecule has 15 heavy (non-hydrogen) atoms. The third-order valence-corrected chi connectivity index (χ3v) is 2.10. The van der Waals surface area contributed by atoms with Crippen LogP contribution in [-0.2, 0) is 12.8 Å². The van der Waals surface area contributed by atoms with Crippen molar-refractivity contribution in [2.24, 2.45) is 0 Å². The Balaban J connectivity index is 3.32. The van der Waals surface area contributed by atoms with E-state index in [0.29, 0.717) is 0 Å². The highest BCUT2D eigenvalue weighted by Crippen LogP contribution is 2.37. The molecule has 0 saturated heterocycles. The molecule has 0 radical (unpaired) electrons. The topological polar surface area (TPSA) is 29.5 Å². The molecule has 84 valence electrons. The van der Waals surface area contributed by atoms with Gasteiger partial charge in [-0.2, -0.15) is 13.2 Å². The monoisotopic (exact) mass is 240 g/mol. The summed E-state index contributed by atoms with van der Waals surface area (Å²) in [6.07, 6.45) is -4.49. The summed E-state index contributed by atoms with van der Waals surface area (Å²) in [7, 11) is 1.27. The van der Waals surface area contributed by atoms with Gasteiger partial charge in [0.2, 0.25) is 0 Å². The van der Waals surface area contributed by atoms with E-state index in [-0.39, 0.29) is 16.3 Å². The van der Waals surface area contributed by atoms with Gasteiger partial charge in [0.1, 0.15) is 5.75 Å². The third-order valence-electron chi connectivity index (χ3n) is 1.82. The van der Waals surface area contributed by atoms with Crippen molar-refractivity contribution in [1.29, 1.82) is 0 Å². The Bertz CT molecular complexity index is 363.